The minimum Gasteiger partial charge on any atom is -0.396 e. The summed E-state index contributed by atoms with van der Waals surface area (Å²) in [4.78, 5) is 24.5. The van der Waals surface area contributed by atoms with Gasteiger partial charge in [-0.1, -0.05) is 19.9 Å². The van der Waals surface area contributed by atoms with Crippen LogP contribution in [0.1, 0.15) is 20.8 Å². The van der Waals surface area contributed by atoms with Crippen LogP contribution in [0, 0.1) is 11.2 Å². The maximum absolute atomic E-state index is 13.2. The first-order valence-electron chi connectivity index (χ1n) is 7.28. The van der Waals surface area contributed by atoms with Crippen molar-refractivity contribution in [2.75, 3.05) is 18.1 Å². The van der Waals surface area contributed by atoms with Gasteiger partial charge in [-0.05, 0) is 25.1 Å². The Morgan fingerprint density at radius 3 is 2.65 bits per heavy atom. The summed E-state index contributed by atoms with van der Waals surface area (Å²) in [5.41, 5.74) is -0.599. The van der Waals surface area contributed by atoms with Gasteiger partial charge in [0.25, 0.3) is 0 Å². The second kappa shape index (κ2) is 8.03. The molecule has 0 aliphatic heterocycles. The van der Waals surface area contributed by atoms with Gasteiger partial charge in [0.15, 0.2) is 0 Å². The van der Waals surface area contributed by atoms with Crippen molar-refractivity contribution >= 4 is 18.0 Å². The number of hydrogen-bond acceptors (Lipinski definition) is 4. The lowest BCUT2D eigenvalue weighted by Crippen LogP contribution is -2.49. The second-order valence-electron chi connectivity index (χ2n) is 6.14. The number of aliphatic hydroxyl groups is 2. The molecule has 0 radical (unpaired) electrons. The minimum absolute atomic E-state index is 0.0760. The summed E-state index contributed by atoms with van der Waals surface area (Å²) in [5.74, 6) is -1.10. The molecule has 0 spiro atoms. The number of carbonyl (C=O) groups is 2. The van der Waals surface area contributed by atoms with E-state index in [4.69, 9.17) is 5.11 Å². The number of anilines is 1. The highest BCUT2D eigenvalue weighted by Gasteiger charge is 2.33. The van der Waals surface area contributed by atoms with Crippen molar-refractivity contribution in [2.24, 2.45) is 5.41 Å². The van der Waals surface area contributed by atoms with Crippen molar-refractivity contribution in [3.63, 3.8) is 0 Å². The van der Waals surface area contributed by atoms with Gasteiger partial charge in [-0.25, -0.2) is 4.39 Å². The van der Waals surface area contributed by atoms with Crippen LogP contribution in [0.3, 0.4) is 0 Å². The van der Waals surface area contributed by atoms with E-state index >= 15 is 0 Å². The molecule has 1 aromatic carbocycles. The van der Waals surface area contributed by atoms with E-state index in [1.165, 1.54) is 23.1 Å². The Morgan fingerprint density at radius 2 is 2.13 bits per heavy atom. The van der Waals surface area contributed by atoms with Crippen molar-refractivity contribution in [3.05, 3.63) is 30.1 Å². The van der Waals surface area contributed by atoms with E-state index in [1.807, 2.05) is 0 Å². The maximum atomic E-state index is 13.2. The molecule has 3 N–H and O–H groups in total. The Morgan fingerprint density at radius 1 is 1.48 bits per heavy atom. The third-order valence-electron chi connectivity index (χ3n) is 3.66. The van der Waals surface area contributed by atoms with Gasteiger partial charge in [0.1, 0.15) is 11.9 Å². The van der Waals surface area contributed by atoms with Gasteiger partial charge in [0.2, 0.25) is 12.3 Å². The number of nitrogens with one attached hydrogen (secondary N) is 1. The van der Waals surface area contributed by atoms with Crippen LogP contribution in [-0.4, -0.2) is 47.8 Å². The predicted octanol–water partition coefficient (Wildman–Crippen LogP) is 0.673. The van der Waals surface area contributed by atoms with Crippen LogP contribution in [0.4, 0.5) is 10.1 Å². The van der Waals surface area contributed by atoms with E-state index < -0.39 is 29.3 Å². The van der Waals surface area contributed by atoms with Gasteiger partial charge in [0, 0.05) is 17.6 Å². The normalized spacial score (nSPS) is 14.0. The molecule has 23 heavy (non-hydrogen) atoms. The van der Waals surface area contributed by atoms with Crippen molar-refractivity contribution in [1.82, 2.24) is 5.32 Å². The third-order valence-corrected chi connectivity index (χ3v) is 3.66. The van der Waals surface area contributed by atoms with Crippen LogP contribution in [0.5, 0.6) is 0 Å². The number of benzene rings is 1. The summed E-state index contributed by atoms with van der Waals surface area (Å²) in [6.45, 7) is 4.53. The quantitative estimate of drug-likeness (QED) is 0.613. The average molecular weight is 326 g/mol. The number of halogens is 1. The fourth-order valence-electron chi connectivity index (χ4n) is 1.94. The molecule has 0 fully saturated rings. The molecule has 2 amide bonds. The van der Waals surface area contributed by atoms with E-state index in [9.17, 15) is 19.1 Å². The molecule has 0 heterocycles. The number of nitrogens with zero attached hydrogens (tertiary/aromatic N) is 1. The zero-order valence-corrected chi connectivity index (χ0v) is 13.5. The molecule has 0 aliphatic rings. The van der Waals surface area contributed by atoms with E-state index in [-0.39, 0.29) is 13.2 Å². The van der Waals surface area contributed by atoms with Crippen molar-refractivity contribution in [2.45, 2.75) is 32.9 Å². The van der Waals surface area contributed by atoms with Gasteiger partial charge in [-0.15, -0.1) is 0 Å². The summed E-state index contributed by atoms with van der Waals surface area (Å²) in [5, 5.41) is 21.6. The smallest absolute Gasteiger partial charge is 0.249 e. The first-order chi connectivity index (χ1) is 10.7. The number of carbonyl (C=O) groups excluding carboxylic acids is 2. The van der Waals surface area contributed by atoms with E-state index in [2.05, 4.69) is 5.32 Å². The zero-order valence-electron chi connectivity index (χ0n) is 13.5. The SMILES string of the molecule is C[C@@H](CNC(=O)[C@H](O)C(C)(C)CO)N(C=O)c1cccc(F)c1. The monoisotopic (exact) mass is 326 g/mol. The molecular formula is C16H23FN2O4. The summed E-state index contributed by atoms with van der Waals surface area (Å²) in [7, 11) is 0. The van der Waals surface area contributed by atoms with Crippen molar-refractivity contribution < 1.29 is 24.2 Å². The van der Waals surface area contributed by atoms with Crippen LogP contribution in [0.2, 0.25) is 0 Å². The van der Waals surface area contributed by atoms with E-state index in [1.54, 1.807) is 26.8 Å². The maximum Gasteiger partial charge on any atom is 0.249 e. The number of rotatable bonds is 8. The molecular weight excluding hydrogens is 303 g/mol. The van der Waals surface area contributed by atoms with Crippen molar-refractivity contribution in [1.29, 1.82) is 0 Å². The molecule has 0 saturated carbocycles. The molecule has 7 heteroatoms. The molecule has 1 rings (SSSR count). The fourth-order valence-corrected chi connectivity index (χ4v) is 1.94. The molecule has 6 nitrogen and oxygen atoms in total. The van der Waals surface area contributed by atoms with Gasteiger partial charge in [-0.3, -0.25) is 9.59 Å². The van der Waals surface area contributed by atoms with Gasteiger partial charge in [0.05, 0.1) is 12.6 Å². The van der Waals surface area contributed by atoms with Crippen LogP contribution in [0.25, 0.3) is 0 Å². The third kappa shape index (κ3) is 5.01. The van der Waals surface area contributed by atoms with Crippen LogP contribution >= 0.6 is 0 Å². The molecule has 0 aliphatic carbocycles. The predicted molar refractivity (Wildman–Crippen MR) is 84.3 cm³/mol. The lowest BCUT2D eigenvalue weighted by molar-refractivity contribution is -0.137. The lowest BCUT2D eigenvalue weighted by atomic mass is 9.87. The highest BCUT2D eigenvalue weighted by molar-refractivity contribution is 5.82. The molecule has 0 aromatic heterocycles. The highest BCUT2D eigenvalue weighted by atomic mass is 19.1. The second-order valence-corrected chi connectivity index (χ2v) is 6.14. The fraction of sp³-hybridized carbons (Fsp3) is 0.500. The van der Waals surface area contributed by atoms with Crippen LogP contribution in [0.15, 0.2) is 24.3 Å². The van der Waals surface area contributed by atoms with E-state index in [0.29, 0.717) is 12.1 Å². The minimum atomic E-state index is -1.38. The van der Waals surface area contributed by atoms with Gasteiger partial charge >= 0.3 is 0 Å². The summed E-state index contributed by atoms with van der Waals surface area (Å²) in [6, 6.07) is 5.12. The Balaban J connectivity index is 2.69. The Labute approximate surface area is 134 Å². The summed E-state index contributed by atoms with van der Waals surface area (Å²) >= 11 is 0. The highest BCUT2D eigenvalue weighted by Crippen LogP contribution is 2.20. The Bertz CT molecular complexity index is 551. The largest absolute Gasteiger partial charge is 0.396 e. The van der Waals surface area contributed by atoms with Gasteiger partial charge in [-0.2, -0.15) is 0 Å². The average Bonchev–Trinajstić information content (AvgIpc) is 2.52. The summed E-state index contributed by atoms with van der Waals surface area (Å²) < 4.78 is 13.2. The van der Waals surface area contributed by atoms with Crippen molar-refractivity contribution in [3.8, 4) is 0 Å². The lowest BCUT2D eigenvalue weighted by Gasteiger charge is -2.29. The Hall–Kier alpha value is -1.99. The van der Waals surface area contributed by atoms with Gasteiger partial charge < -0.3 is 20.4 Å². The standard InChI is InChI=1S/C16H23FN2O4/c1-11(8-18-15(23)14(22)16(2,3)9-20)19(10-21)13-6-4-5-12(17)7-13/h4-7,10-11,14,20,22H,8-9H2,1-3H3,(H,18,23)/t11-,14-/m0/s1. The number of amides is 2. The number of aliphatic hydroxyl groups excluding tert-OH is 2. The molecule has 0 saturated heterocycles. The first kappa shape index (κ1) is 19.1. The van der Waals surface area contributed by atoms with E-state index in [0.717, 1.165) is 0 Å². The Kier molecular flexibility index (Phi) is 6.65. The summed E-state index contributed by atoms with van der Waals surface area (Å²) in [6.07, 6.45) is -0.821. The molecule has 0 bridgehead atoms. The molecule has 2 atom stereocenters. The zero-order chi connectivity index (χ0) is 17.6. The number of hydrogen-bond donors (Lipinski definition) is 3. The first-order valence-corrected chi connectivity index (χ1v) is 7.28. The molecule has 0 unspecified atom stereocenters. The molecule has 1 aromatic rings. The molecule has 128 valence electrons. The van der Waals surface area contributed by atoms with Crippen LogP contribution < -0.4 is 10.2 Å². The topological polar surface area (TPSA) is 89.9 Å². The van der Waals surface area contributed by atoms with Crippen LogP contribution in [-0.2, 0) is 9.59 Å².